The smallest absolute Gasteiger partial charge is 0.326 e. The van der Waals surface area contributed by atoms with Crippen LogP contribution in [0.3, 0.4) is 0 Å². The van der Waals surface area contributed by atoms with Crippen LogP contribution in [0.5, 0.6) is 0 Å². The number of benzene rings is 3. The van der Waals surface area contributed by atoms with E-state index in [0.717, 1.165) is 5.56 Å². The summed E-state index contributed by atoms with van der Waals surface area (Å²) in [4.78, 5) is 51.3. The zero-order chi connectivity index (χ0) is 27.1. The molecule has 0 radical (unpaired) electrons. The van der Waals surface area contributed by atoms with Crippen molar-refractivity contribution >= 4 is 29.4 Å². The molecule has 3 N–H and O–H groups in total. The first-order chi connectivity index (χ1) is 18.3. The van der Waals surface area contributed by atoms with Crippen molar-refractivity contribution < 1.29 is 24.3 Å². The minimum absolute atomic E-state index is 0.0267. The number of amides is 3. The highest BCUT2D eigenvalue weighted by molar-refractivity contribution is 6.04. The van der Waals surface area contributed by atoms with E-state index in [1.165, 1.54) is 11.0 Å². The highest BCUT2D eigenvalue weighted by Crippen LogP contribution is 2.22. The van der Waals surface area contributed by atoms with E-state index in [9.17, 15) is 24.3 Å². The van der Waals surface area contributed by atoms with Gasteiger partial charge in [-0.2, -0.15) is 5.26 Å². The summed E-state index contributed by atoms with van der Waals surface area (Å²) in [6.07, 6.45) is 0.588. The van der Waals surface area contributed by atoms with Gasteiger partial charge in [0, 0.05) is 30.6 Å². The Kier molecular flexibility index (Phi) is 8.14. The molecule has 4 rings (SSSR count). The number of nitrogens with one attached hydrogen (secondary N) is 2. The van der Waals surface area contributed by atoms with E-state index >= 15 is 0 Å². The molecule has 0 saturated carbocycles. The third-order valence-corrected chi connectivity index (χ3v) is 6.35. The Bertz CT molecular complexity index is 1380. The van der Waals surface area contributed by atoms with E-state index in [0.29, 0.717) is 28.8 Å². The van der Waals surface area contributed by atoms with Gasteiger partial charge in [-0.1, -0.05) is 48.5 Å². The molecule has 3 aromatic carbocycles. The number of carbonyl (C=O) groups is 4. The number of aliphatic carboxylic acids is 1. The van der Waals surface area contributed by atoms with E-state index in [1.54, 1.807) is 42.5 Å². The molecular weight excluding hydrogens is 484 g/mol. The van der Waals surface area contributed by atoms with E-state index in [-0.39, 0.29) is 31.2 Å². The molecule has 9 nitrogen and oxygen atoms in total. The summed E-state index contributed by atoms with van der Waals surface area (Å²) in [6, 6.07) is 22.3. The second-order valence-electron chi connectivity index (χ2n) is 9.01. The van der Waals surface area contributed by atoms with Gasteiger partial charge in [-0.15, -0.1) is 0 Å². The first-order valence-electron chi connectivity index (χ1n) is 12.1. The lowest BCUT2D eigenvalue weighted by molar-refractivity contribution is -0.143. The first-order valence-corrected chi connectivity index (χ1v) is 12.1. The molecule has 1 fully saturated rings. The largest absolute Gasteiger partial charge is 0.480 e. The molecule has 2 atom stereocenters. The third-order valence-electron chi connectivity index (χ3n) is 6.35. The van der Waals surface area contributed by atoms with Crippen LogP contribution in [0.25, 0.3) is 0 Å². The third kappa shape index (κ3) is 6.42. The number of hydrogen-bond acceptors (Lipinski definition) is 5. The maximum Gasteiger partial charge on any atom is 0.326 e. The Morgan fingerprint density at radius 2 is 1.74 bits per heavy atom. The van der Waals surface area contributed by atoms with Gasteiger partial charge in [0.15, 0.2) is 0 Å². The van der Waals surface area contributed by atoms with Crippen LogP contribution in [-0.2, 0) is 27.3 Å². The SMILES string of the molecule is N#Cc1cccc(C(=O)Nc2ccc(C[C@H](NC(=O)C3CCC(=O)N3Cc3ccccc3)C(=O)O)cc2)c1. The monoisotopic (exact) mass is 510 g/mol. The topological polar surface area (TPSA) is 140 Å². The molecule has 1 heterocycles. The Hall–Kier alpha value is -4.97. The molecule has 1 aliphatic heterocycles. The molecule has 38 heavy (non-hydrogen) atoms. The number of rotatable bonds is 9. The van der Waals surface area contributed by atoms with Gasteiger partial charge in [-0.05, 0) is 47.9 Å². The molecule has 1 unspecified atom stereocenters. The highest BCUT2D eigenvalue weighted by atomic mass is 16.4. The summed E-state index contributed by atoms with van der Waals surface area (Å²) in [5, 5.41) is 24.1. The Balaban J connectivity index is 1.38. The molecule has 0 spiro atoms. The van der Waals surface area contributed by atoms with E-state index in [2.05, 4.69) is 10.6 Å². The van der Waals surface area contributed by atoms with Gasteiger partial charge in [0.25, 0.3) is 5.91 Å². The number of hydrogen-bond donors (Lipinski definition) is 3. The van der Waals surface area contributed by atoms with E-state index in [1.807, 2.05) is 36.4 Å². The van der Waals surface area contributed by atoms with E-state index in [4.69, 9.17) is 5.26 Å². The maximum atomic E-state index is 13.0. The van der Waals surface area contributed by atoms with Crippen molar-refractivity contribution in [3.8, 4) is 6.07 Å². The van der Waals surface area contributed by atoms with Gasteiger partial charge < -0.3 is 20.6 Å². The van der Waals surface area contributed by atoms with Gasteiger partial charge in [0.1, 0.15) is 12.1 Å². The molecule has 3 aromatic rings. The number of nitriles is 1. The molecule has 0 bridgehead atoms. The number of carboxylic acids is 1. The lowest BCUT2D eigenvalue weighted by Gasteiger charge is -2.26. The second kappa shape index (κ2) is 11.8. The van der Waals surface area contributed by atoms with Crippen molar-refractivity contribution in [3.63, 3.8) is 0 Å². The molecule has 192 valence electrons. The van der Waals surface area contributed by atoms with Crippen molar-refractivity contribution in [2.45, 2.75) is 37.9 Å². The lowest BCUT2D eigenvalue weighted by atomic mass is 10.0. The number of carboxylic acid groups (broad SMARTS) is 1. The predicted molar refractivity (Wildman–Crippen MR) is 139 cm³/mol. The molecule has 3 amide bonds. The van der Waals surface area contributed by atoms with Crippen LogP contribution >= 0.6 is 0 Å². The normalized spacial score (nSPS) is 15.4. The summed E-state index contributed by atoms with van der Waals surface area (Å²) < 4.78 is 0. The van der Waals surface area contributed by atoms with E-state index < -0.39 is 24.0 Å². The fourth-order valence-corrected chi connectivity index (χ4v) is 4.35. The van der Waals surface area contributed by atoms with Crippen LogP contribution in [0.15, 0.2) is 78.9 Å². The average molecular weight is 511 g/mol. The van der Waals surface area contributed by atoms with Gasteiger partial charge >= 0.3 is 5.97 Å². The van der Waals surface area contributed by atoms with Crippen molar-refractivity contribution in [1.29, 1.82) is 5.26 Å². The average Bonchev–Trinajstić information content (AvgIpc) is 3.29. The van der Waals surface area contributed by atoms with Crippen molar-refractivity contribution in [3.05, 3.63) is 101 Å². The quantitative estimate of drug-likeness (QED) is 0.404. The van der Waals surface area contributed by atoms with Gasteiger partial charge in [-0.3, -0.25) is 14.4 Å². The van der Waals surface area contributed by atoms with Crippen LogP contribution in [0.4, 0.5) is 5.69 Å². The summed E-state index contributed by atoms with van der Waals surface area (Å²) in [7, 11) is 0. The zero-order valence-corrected chi connectivity index (χ0v) is 20.5. The number of anilines is 1. The number of nitrogens with zero attached hydrogens (tertiary/aromatic N) is 2. The van der Waals surface area contributed by atoms with Gasteiger partial charge in [-0.25, -0.2) is 4.79 Å². The standard InChI is InChI=1S/C29H26N4O5/c30-17-21-7-4-8-22(15-21)27(35)31-23-11-9-19(10-12-23)16-24(29(37)38)32-28(36)25-13-14-26(34)33(25)18-20-5-2-1-3-6-20/h1-12,15,24-25H,13-14,16,18H2,(H,31,35)(H,32,36)(H,37,38)/t24-,25?/m0/s1. The first kappa shape index (κ1) is 26.1. The predicted octanol–water partition coefficient (Wildman–Crippen LogP) is 3.11. The lowest BCUT2D eigenvalue weighted by Crippen LogP contribution is -2.50. The van der Waals surface area contributed by atoms with Crippen LogP contribution < -0.4 is 10.6 Å². The minimum atomic E-state index is -1.19. The summed E-state index contributed by atoms with van der Waals surface area (Å²) in [6.45, 7) is 0.281. The second-order valence-corrected chi connectivity index (χ2v) is 9.01. The van der Waals surface area contributed by atoms with Gasteiger partial charge in [0.2, 0.25) is 11.8 Å². The number of likely N-dealkylation sites (tertiary alicyclic amines) is 1. The fraction of sp³-hybridized carbons (Fsp3) is 0.207. The summed E-state index contributed by atoms with van der Waals surface area (Å²) in [5.41, 5.74) is 2.75. The summed E-state index contributed by atoms with van der Waals surface area (Å²) >= 11 is 0. The van der Waals surface area contributed by atoms with Crippen LogP contribution in [0.2, 0.25) is 0 Å². The Morgan fingerprint density at radius 3 is 2.42 bits per heavy atom. The van der Waals surface area contributed by atoms with Crippen molar-refractivity contribution in [2.24, 2.45) is 0 Å². The Morgan fingerprint density at radius 1 is 1.00 bits per heavy atom. The van der Waals surface area contributed by atoms with Crippen molar-refractivity contribution in [2.75, 3.05) is 5.32 Å². The molecule has 1 aliphatic rings. The molecule has 0 aliphatic carbocycles. The zero-order valence-electron chi connectivity index (χ0n) is 20.5. The summed E-state index contributed by atoms with van der Waals surface area (Å²) in [5.74, 6) is -2.20. The molecule has 1 saturated heterocycles. The number of carbonyl (C=O) groups excluding carboxylic acids is 3. The Labute approximate surface area is 219 Å². The van der Waals surface area contributed by atoms with Gasteiger partial charge in [0.05, 0.1) is 11.6 Å². The highest BCUT2D eigenvalue weighted by Gasteiger charge is 2.37. The fourth-order valence-electron chi connectivity index (χ4n) is 4.35. The van der Waals surface area contributed by atoms with Crippen LogP contribution in [-0.4, -0.2) is 45.8 Å². The molecular formula is C29H26N4O5. The maximum absolute atomic E-state index is 13.0. The van der Waals surface area contributed by atoms with Crippen LogP contribution in [0, 0.1) is 11.3 Å². The molecule has 0 aromatic heterocycles. The van der Waals surface area contributed by atoms with Crippen molar-refractivity contribution in [1.82, 2.24) is 10.2 Å². The van der Waals surface area contributed by atoms with Crippen LogP contribution in [0.1, 0.15) is 39.9 Å². The molecule has 9 heteroatoms. The minimum Gasteiger partial charge on any atom is -0.480 e.